The number of esters is 2. The Morgan fingerprint density at radius 3 is 2.66 bits per heavy atom. The van der Waals surface area contributed by atoms with Gasteiger partial charge in [0, 0.05) is 5.39 Å². The van der Waals surface area contributed by atoms with Crippen molar-refractivity contribution in [2.75, 3.05) is 13.2 Å². The van der Waals surface area contributed by atoms with Gasteiger partial charge < -0.3 is 20.1 Å². The topological polar surface area (TPSA) is 112 Å². The lowest BCUT2D eigenvalue weighted by Gasteiger charge is -2.26. The summed E-state index contributed by atoms with van der Waals surface area (Å²) in [5.74, 6) is -1.12. The van der Waals surface area contributed by atoms with Crippen LogP contribution < -0.4 is 10.6 Å². The molecule has 2 aromatic heterocycles. The van der Waals surface area contributed by atoms with Crippen molar-refractivity contribution in [1.82, 2.24) is 20.4 Å². The van der Waals surface area contributed by atoms with Crippen LogP contribution in [0.5, 0.6) is 0 Å². The van der Waals surface area contributed by atoms with Gasteiger partial charge in [-0.3, -0.25) is 0 Å². The number of amides is 2. The van der Waals surface area contributed by atoms with Gasteiger partial charge in [0.1, 0.15) is 16.3 Å². The molecule has 0 saturated heterocycles. The monoisotopic (exact) mass is 454 g/mol. The van der Waals surface area contributed by atoms with E-state index in [9.17, 15) is 14.4 Å². The molecule has 0 bridgehead atoms. The number of thiophene rings is 1. The van der Waals surface area contributed by atoms with Crippen LogP contribution in [-0.4, -0.2) is 47.0 Å². The van der Waals surface area contributed by atoms with Crippen LogP contribution in [-0.2, 0) is 14.3 Å². The third-order valence-corrected chi connectivity index (χ3v) is 6.05. The van der Waals surface area contributed by atoms with Crippen molar-refractivity contribution >= 4 is 39.5 Å². The second-order valence-electron chi connectivity index (χ2n) is 7.17. The number of benzene rings is 1. The highest BCUT2D eigenvalue weighted by molar-refractivity contribution is 7.20. The summed E-state index contributed by atoms with van der Waals surface area (Å²) in [4.78, 5) is 38.2. The van der Waals surface area contributed by atoms with E-state index in [-0.39, 0.29) is 24.5 Å². The summed E-state index contributed by atoms with van der Waals surface area (Å²) in [6.07, 6.45) is 0. The lowest BCUT2D eigenvalue weighted by atomic mass is 10.0. The number of carbonyl (C=O) groups excluding carboxylic acids is 3. The standard InChI is InChI=1S/C22H22N4O5S/c1-4-30-21(28)18-13(3)23-22(29)24-16(18)11-31-20(27)17-10-15-12(2)25-26(19(15)32-17)14-8-6-5-7-9-14/h5-10,13H,4,11H2,1-3H3,(H2,23,24,29). The fourth-order valence-electron chi connectivity index (χ4n) is 3.49. The number of carbonyl (C=O) groups is 3. The van der Waals surface area contributed by atoms with Gasteiger partial charge >= 0.3 is 18.0 Å². The zero-order valence-corrected chi connectivity index (χ0v) is 18.6. The summed E-state index contributed by atoms with van der Waals surface area (Å²) in [6, 6.07) is 10.3. The van der Waals surface area contributed by atoms with Crippen LogP contribution in [0.1, 0.15) is 29.2 Å². The van der Waals surface area contributed by atoms with E-state index in [1.54, 1.807) is 24.6 Å². The molecule has 2 N–H and O–H groups in total. The van der Waals surface area contributed by atoms with Crippen LogP contribution in [0.25, 0.3) is 15.9 Å². The molecule has 0 spiro atoms. The van der Waals surface area contributed by atoms with Crippen LogP contribution in [0.15, 0.2) is 47.7 Å². The second kappa shape index (κ2) is 8.83. The van der Waals surface area contributed by atoms with E-state index in [2.05, 4.69) is 15.7 Å². The highest BCUT2D eigenvalue weighted by Gasteiger charge is 2.30. The van der Waals surface area contributed by atoms with E-state index in [4.69, 9.17) is 9.47 Å². The van der Waals surface area contributed by atoms with E-state index >= 15 is 0 Å². The number of ether oxygens (including phenoxy) is 2. The van der Waals surface area contributed by atoms with E-state index < -0.39 is 24.0 Å². The minimum absolute atomic E-state index is 0.190. The SMILES string of the molecule is CCOC(=O)C1=C(COC(=O)c2cc3c(C)nn(-c4ccccc4)c3s2)NC(=O)NC1C. The van der Waals surface area contributed by atoms with Crippen LogP contribution >= 0.6 is 11.3 Å². The number of nitrogens with zero attached hydrogens (tertiary/aromatic N) is 2. The minimum Gasteiger partial charge on any atom is -0.463 e. The molecule has 1 aliphatic heterocycles. The molecule has 9 nitrogen and oxygen atoms in total. The third-order valence-electron chi connectivity index (χ3n) is 4.96. The zero-order chi connectivity index (χ0) is 22.8. The number of rotatable bonds is 6. The molecule has 0 saturated carbocycles. The average Bonchev–Trinajstić information content (AvgIpc) is 3.33. The van der Waals surface area contributed by atoms with Gasteiger partial charge in [-0.15, -0.1) is 11.3 Å². The maximum Gasteiger partial charge on any atom is 0.348 e. The van der Waals surface area contributed by atoms with Gasteiger partial charge in [0.05, 0.1) is 35.3 Å². The second-order valence-corrected chi connectivity index (χ2v) is 8.20. The Morgan fingerprint density at radius 2 is 1.94 bits per heavy atom. The van der Waals surface area contributed by atoms with E-state index in [0.29, 0.717) is 4.88 Å². The normalized spacial score (nSPS) is 16.0. The number of aryl methyl sites for hydroxylation is 1. The predicted molar refractivity (Wildman–Crippen MR) is 119 cm³/mol. The summed E-state index contributed by atoms with van der Waals surface area (Å²) < 4.78 is 12.3. The fraction of sp³-hybridized carbons (Fsp3) is 0.273. The Kier molecular flexibility index (Phi) is 5.95. The van der Waals surface area contributed by atoms with Gasteiger partial charge in [0.2, 0.25) is 0 Å². The summed E-state index contributed by atoms with van der Waals surface area (Å²) in [5.41, 5.74) is 2.13. The van der Waals surface area contributed by atoms with Gasteiger partial charge in [-0.05, 0) is 39.0 Å². The maximum absolute atomic E-state index is 12.8. The first-order chi connectivity index (χ1) is 15.4. The van der Waals surface area contributed by atoms with Gasteiger partial charge in [0.25, 0.3) is 0 Å². The largest absolute Gasteiger partial charge is 0.463 e. The maximum atomic E-state index is 12.8. The van der Waals surface area contributed by atoms with Crippen LogP contribution in [0, 0.1) is 6.92 Å². The van der Waals surface area contributed by atoms with Crippen molar-refractivity contribution in [3.8, 4) is 5.69 Å². The number of fused-ring (bicyclic) bond motifs is 1. The first-order valence-corrected chi connectivity index (χ1v) is 10.9. The molecular weight excluding hydrogens is 432 g/mol. The Morgan fingerprint density at radius 1 is 1.19 bits per heavy atom. The highest BCUT2D eigenvalue weighted by atomic mass is 32.1. The average molecular weight is 455 g/mol. The molecule has 1 aromatic carbocycles. The minimum atomic E-state index is -0.570. The molecule has 0 aliphatic carbocycles. The molecule has 166 valence electrons. The van der Waals surface area contributed by atoms with Gasteiger partial charge in [-0.25, -0.2) is 19.1 Å². The van der Waals surface area contributed by atoms with Gasteiger partial charge in [-0.1, -0.05) is 18.2 Å². The predicted octanol–water partition coefficient (Wildman–Crippen LogP) is 3.07. The fourth-order valence-corrected chi connectivity index (χ4v) is 4.57. The lowest BCUT2D eigenvalue weighted by Crippen LogP contribution is -2.50. The van der Waals surface area contributed by atoms with Crippen molar-refractivity contribution in [2.45, 2.75) is 26.8 Å². The third kappa shape index (κ3) is 4.09. The quantitative estimate of drug-likeness (QED) is 0.554. The number of para-hydroxylation sites is 1. The van der Waals surface area contributed by atoms with E-state index in [0.717, 1.165) is 21.6 Å². The summed E-state index contributed by atoms with van der Waals surface area (Å²) in [7, 11) is 0. The molecule has 1 aliphatic rings. The smallest absolute Gasteiger partial charge is 0.348 e. The number of nitrogens with one attached hydrogen (secondary N) is 2. The molecule has 4 rings (SSSR count). The molecular formula is C22H22N4O5S. The molecule has 10 heteroatoms. The lowest BCUT2D eigenvalue weighted by molar-refractivity contribution is -0.139. The summed E-state index contributed by atoms with van der Waals surface area (Å²) in [6.45, 7) is 5.17. The van der Waals surface area contributed by atoms with Gasteiger partial charge in [-0.2, -0.15) is 5.10 Å². The molecule has 32 heavy (non-hydrogen) atoms. The highest BCUT2D eigenvalue weighted by Crippen LogP contribution is 2.31. The Bertz CT molecular complexity index is 1230. The van der Waals surface area contributed by atoms with E-state index in [1.165, 1.54) is 11.3 Å². The van der Waals surface area contributed by atoms with Crippen molar-refractivity contribution in [3.63, 3.8) is 0 Å². The number of urea groups is 1. The molecule has 1 unspecified atom stereocenters. The van der Waals surface area contributed by atoms with Crippen molar-refractivity contribution in [2.24, 2.45) is 0 Å². The number of hydrogen-bond acceptors (Lipinski definition) is 7. The zero-order valence-electron chi connectivity index (χ0n) is 17.8. The number of aromatic nitrogens is 2. The van der Waals surface area contributed by atoms with Crippen LogP contribution in [0.4, 0.5) is 4.79 Å². The summed E-state index contributed by atoms with van der Waals surface area (Å²) in [5, 5.41) is 10.6. The van der Waals surface area contributed by atoms with Crippen LogP contribution in [0.3, 0.4) is 0 Å². The molecule has 0 radical (unpaired) electrons. The molecule has 3 heterocycles. The molecule has 3 aromatic rings. The van der Waals surface area contributed by atoms with Crippen molar-refractivity contribution < 1.29 is 23.9 Å². The Hall–Kier alpha value is -3.66. The van der Waals surface area contributed by atoms with Crippen molar-refractivity contribution in [1.29, 1.82) is 0 Å². The molecule has 1 atom stereocenters. The van der Waals surface area contributed by atoms with Crippen LogP contribution in [0.2, 0.25) is 0 Å². The molecule has 0 fully saturated rings. The van der Waals surface area contributed by atoms with Gasteiger partial charge in [0.15, 0.2) is 0 Å². The first kappa shape index (κ1) is 21.6. The Labute approximate surface area is 188 Å². The summed E-state index contributed by atoms with van der Waals surface area (Å²) >= 11 is 1.27. The first-order valence-electron chi connectivity index (χ1n) is 10.1. The Balaban J connectivity index is 1.58. The number of hydrogen-bond donors (Lipinski definition) is 2. The molecule has 2 amide bonds. The van der Waals surface area contributed by atoms with E-state index in [1.807, 2.05) is 37.3 Å². The van der Waals surface area contributed by atoms with Crippen molar-refractivity contribution in [3.05, 3.63) is 58.2 Å².